The van der Waals surface area contributed by atoms with E-state index in [4.69, 9.17) is 18.9 Å². The van der Waals surface area contributed by atoms with Gasteiger partial charge < -0.3 is 18.9 Å². The molecule has 180 valence electrons. The number of rotatable bonds is 6. The predicted octanol–water partition coefficient (Wildman–Crippen LogP) is 3.94. The average Bonchev–Trinajstić information content (AvgIpc) is 3.07. The first-order valence-corrected chi connectivity index (χ1v) is 13.0. The Hall–Kier alpha value is -2.81. The summed E-state index contributed by atoms with van der Waals surface area (Å²) in [6.45, 7) is 4.92. The molecule has 2 atom stereocenters. The van der Waals surface area contributed by atoms with Gasteiger partial charge in [0, 0.05) is 30.6 Å². The lowest BCUT2D eigenvalue weighted by Crippen LogP contribution is -2.32. The maximum absolute atomic E-state index is 13.4. The number of ether oxygens (including phenoxy) is 4. The van der Waals surface area contributed by atoms with Crippen molar-refractivity contribution in [3.63, 3.8) is 0 Å². The van der Waals surface area contributed by atoms with Gasteiger partial charge in [0.2, 0.25) is 10.0 Å². The number of benzene rings is 2. The van der Waals surface area contributed by atoms with Crippen molar-refractivity contribution in [1.29, 1.82) is 0 Å². The minimum atomic E-state index is -3.74. The molecule has 7 nitrogen and oxygen atoms in total. The highest BCUT2D eigenvalue weighted by Gasteiger charge is 2.29. The highest BCUT2D eigenvalue weighted by atomic mass is 32.2. The normalized spacial score (nSPS) is 22.0. The smallest absolute Gasteiger partial charge is 0.243 e. The Balaban J connectivity index is 1.29. The molecule has 1 aliphatic carbocycles. The summed E-state index contributed by atoms with van der Waals surface area (Å²) in [6, 6.07) is 10.6. The van der Waals surface area contributed by atoms with Crippen LogP contribution in [-0.2, 0) is 27.9 Å². The summed E-state index contributed by atoms with van der Waals surface area (Å²) in [5, 5.41) is 0. The molecule has 0 amide bonds. The maximum atomic E-state index is 13.4. The van der Waals surface area contributed by atoms with Crippen LogP contribution in [-0.4, -0.2) is 45.7 Å². The Morgan fingerprint density at radius 2 is 1.71 bits per heavy atom. The second-order valence-electron chi connectivity index (χ2n) is 8.74. The quantitative estimate of drug-likeness (QED) is 0.620. The zero-order valence-electron chi connectivity index (χ0n) is 19.2. The molecule has 0 spiro atoms. The maximum Gasteiger partial charge on any atom is 0.243 e. The molecule has 3 aliphatic rings. The van der Waals surface area contributed by atoms with Gasteiger partial charge in [0.25, 0.3) is 0 Å². The van der Waals surface area contributed by atoms with Crippen molar-refractivity contribution < 1.29 is 27.4 Å². The molecule has 2 aliphatic heterocycles. The van der Waals surface area contributed by atoms with Gasteiger partial charge in [0.1, 0.15) is 25.6 Å². The average molecular weight is 484 g/mol. The minimum Gasteiger partial charge on any atom is -0.492 e. The van der Waals surface area contributed by atoms with E-state index in [1.807, 2.05) is 18.2 Å². The van der Waals surface area contributed by atoms with Crippen molar-refractivity contribution in [1.82, 2.24) is 4.31 Å². The SMILES string of the molecule is CC1C=CC=CC1COCc1ccc2c(c1)CN(S(=O)(=O)c1ccc3c(c1)OCCO3)CCO2. The molecule has 0 radical (unpaired) electrons. The fraction of sp³-hybridized carbons (Fsp3) is 0.385. The number of allylic oxidation sites excluding steroid dienone is 3. The number of hydrogen-bond acceptors (Lipinski definition) is 6. The number of hydrogen-bond donors (Lipinski definition) is 0. The second-order valence-corrected chi connectivity index (χ2v) is 10.7. The third-order valence-corrected chi connectivity index (χ3v) is 8.20. The first-order chi connectivity index (χ1) is 16.5. The van der Waals surface area contributed by atoms with Crippen molar-refractivity contribution in [3.05, 3.63) is 71.8 Å². The fourth-order valence-electron chi connectivity index (χ4n) is 4.34. The first-order valence-electron chi connectivity index (χ1n) is 11.6. The summed E-state index contributed by atoms with van der Waals surface area (Å²) in [6.07, 6.45) is 8.49. The van der Waals surface area contributed by atoms with Crippen LogP contribution in [0.3, 0.4) is 0 Å². The van der Waals surface area contributed by atoms with Crippen LogP contribution in [0.2, 0.25) is 0 Å². The van der Waals surface area contributed by atoms with Crippen LogP contribution in [0.15, 0.2) is 65.6 Å². The van der Waals surface area contributed by atoms with Crippen LogP contribution in [0.4, 0.5) is 0 Å². The van der Waals surface area contributed by atoms with E-state index in [2.05, 4.69) is 31.2 Å². The Morgan fingerprint density at radius 1 is 0.941 bits per heavy atom. The Kier molecular flexibility index (Phi) is 6.63. The molecule has 0 N–H and O–H groups in total. The van der Waals surface area contributed by atoms with E-state index < -0.39 is 10.0 Å². The van der Waals surface area contributed by atoms with Crippen LogP contribution in [0.1, 0.15) is 18.1 Å². The molecule has 0 saturated carbocycles. The molecule has 2 unspecified atom stereocenters. The Labute approximate surface area is 200 Å². The third kappa shape index (κ3) is 4.85. The summed E-state index contributed by atoms with van der Waals surface area (Å²) in [7, 11) is -3.74. The topological polar surface area (TPSA) is 74.3 Å². The van der Waals surface area contributed by atoms with Gasteiger partial charge >= 0.3 is 0 Å². The number of fused-ring (bicyclic) bond motifs is 2. The van der Waals surface area contributed by atoms with Gasteiger partial charge in [-0.25, -0.2) is 8.42 Å². The lowest BCUT2D eigenvalue weighted by Gasteiger charge is -2.22. The van der Waals surface area contributed by atoms with Crippen molar-refractivity contribution in [3.8, 4) is 17.2 Å². The predicted molar refractivity (Wildman–Crippen MR) is 128 cm³/mol. The molecular formula is C26H29NO6S. The lowest BCUT2D eigenvalue weighted by molar-refractivity contribution is 0.0900. The minimum absolute atomic E-state index is 0.184. The Bertz CT molecular complexity index is 1210. The summed E-state index contributed by atoms with van der Waals surface area (Å²) in [5.74, 6) is 2.53. The molecule has 0 bridgehead atoms. The third-order valence-electron chi connectivity index (χ3n) is 6.36. The molecule has 2 heterocycles. The molecule has 8 heteroatoms. The van der Waals surface area contributed by atoms with Gasteiger partial charge in [-0.15, -0.1) is 0 Å². The van der Waals surface area contributed by atoms with E-state index in [9.17, 15) is 8.42 Å². The van der Waals surface area contributed by atoms with Gasteiger partial charge in [-0.2, -0.15) is 4.31 Å². The lowest BCUT2D eigenvalue weighted by atomic mass is 9.91. The zero-order valence-corrected chi connectivity index (χ0v) is 20.0. The van der Waals surface area contributed by atoms with E-state index in [1.54, 1.807) is 12.1 Å². The summed E-state index contributed by atoms with van der Waals surface area (Å²) >= 11 is 0. The molecule has 34 heavy (non-hydrogen) atoms. The molecule has 2 aromatic rings. The van der Waals surface area contributed by atoms with Crippen molar-refractivity contribution in [2.45, 2.75) is 25.0 Å². The van der Waals surface area contributed by atoms with Crippen LogP contribution in [0.25, 0.3) is 0 Å². The Morgan fingerprint density at radius 3 is 2.56 bits per heavy atom. The van der Waals surface area contributed by atoms with Crippen molar-refractivity contribution >= 4 is 10.0 Å². The summed E-state index contributed by atoms with van der Waals surface area (Å²) < 4.78 is 51.3. The van der Waals surface area contributed by atoms with E-state index in [0.717, 1.165) is 11.1 Å². The zero-order chi connectivity index (χ0) is 23.5. The van der Waals surface area contributed by atoms with E-state index in [1.165, 1.54) is 10.4 Å². The monoisotopic (exact) mass is 483 g/mol. The second kappa shape index (κ2) is 9.82. The molecule has 5 rings (SSSR count). The van der Waals surface area contributed by atoms with Crippen LogP contribution in [0, 0.1) is 11.8 Å². The summed E-state index contributed by atoms with van der Waals surface area (Å²) in [4.78, 5) is 0.184. The molecule has 2 aromatic carbocycles. The van der Waals surface area contributed by atoms with E-state index in [0.29, 0.717) is 55.5 Å². The van der Waals surface area contributed by atoms with E-state index >= 15 is 0 Å². The number of sulfonamides is 1. The molecule has 0 saturated heterocycles. The highest BCUT2D eigenvalue weighted by molar-refractivity contribution is 7.89. The first kappa shape index (κ1) is 23.0. The molecule has 0 aromatic heterocycles. The summed E-state index contributed by atoms with van der Waals surface area (Å²) in [5.41, 5.74) is 1.82. The van der Waals surface area contributed by atoms with Gasteiger partial charge in [0.05, 0.1) is 18.1 Å². The van der Waals surface area contributed by atoms with Crippen molar-refractivity contribution in [2.24, 2.45) is 11.8 Å². The van der Waals surface area contributed by atoms with Crippen LogP contribution in [0.5, 0.6) is 17.2 Å². The number of nitrogens with zero attached hydrogens (tertiary/aromatic N) is 1. The highest BCUT2D eigenvalue weighted by Crippen LogP contribution is 2.34. The fourth-order valence-corrected chi connectivity index (χ4v) is 5.75. The van der Waals surface area contributed by atoms with Crippen LogP contribution >= 0.6 is 0 Å². The largest absolute Gasteiger partial charge is 0.492 e. The van der Waals surface area contributed by atoms with Gasteiger partial charge in [-0.1, -0.05) is 37.3 Å². The molecular weight excluding hydrogens is 454 g/mol. The van der Waals surface area contributed by atoms with Gasteiger partial charge in [-0.3, -0.25) is 0 Å². The van der Waals surface area contributed by atoms with Gasteiger partial charge in [0.15, 0.2) is 11.5 Å². The van der Waals surface area contributed by atoms with Crippen molar-refractivity contribution in [2.75, 3.05) is 33.0 Å². The van der Waals surface area contributed by atoms with Gasteiger partial charge in [-0.05, 0) is 35.7 Å². The standard InChI is InChI=1S/C26H29NO6S/c1-19-4-2-3-5-21(19)18-30-17-20-6-8-24-22(14-20)16-27(10-11-31-24)34(28,29)23-7-9-25-26(15-23)33-13-12-32-25/h2-9,14-15,19,21H,10-13,16-18H2,1H3. The molecule has 0 fully saturated rings. The van der Waals surface area contributed by atoms with E-state index in [-0.39, 0.29) is 24.6 Å². The van der Waals surface area contributed by atoms with Crippen LogP contribution < -0.4 is 14.2 Å².